The van der Waals surface area contributed by atoms with Gasteiger partial charge in [0.25, 0.3) is 9.84 Å². The molecule has 40 heavy (non-hydrogen) atoms. The van der Waals surface area contributed by atoms with E-state index in [0.29, 0.717) is 41.4 Å². The highest BCUT2D eigenvalue weighted by Crippen LogP contribution is 2.50. The molecule has 0 radical (unpaired) electrons. The first-order valence-electron chi connectivity index (χ1n) is 12.6. The number of hydrogen-bond acceptors (Lipinski definition) is 7. The fraction of sp³-hybridized carbons (Fsp3) is 0.393. The molecule has 1 amide bonds. The molecule has 0 saturated heterocycles. The number of alkyl halides is 3. The number of methoxy groups -OCH3 is 1. The summed E-state index contributed by atoms with van der Waals surface area (Å²) in [6.07, 6.45) is 2.73. The molecule has 1 heterocycles. The summed E-state index contributed by atoms with van der Waals surface area (Å²) >= 11 is 1.07. The maximum Gasteiger partial charge on any atom is 0.497 e. The van der Waals surface area contributed by atoms with Gasteiger partial charge in [-0.05, 0) is 55.9 Å². The molecule has 2 aromatic carbocycles. The topological polar surface area (TPSA) is 93.6 Å². The molecule has 1 aromatic heterocycles. The molecule has 0 N–H and O–H groups in total. The van der Waals surface area contributed by atoms with Crippen molar-refractivity contribution in [1.82, 2.24) is 9.88 Å². The molecule has 12 heteroatoms. The monoisotopic (exact) mass is 594 g/mol. The lowest BCUT2D eigenvalue weighted by Crippen LogP contribution is -2.39. The van der Waals surface area contributed by atoms with E-state index in [-0.39, 0.29) is 18.1 Å². The van der Waals surface area contributed by atoms with Crippen LogP contribution in [0, 0.1) is 6.92 Å². The second kappa shape index (κ2) is 11.7. The number of nitrogens with zero attached hydrogens (tertiary/aromatic N) is 2. The average Bonchev–Trinajstić information content (AvgIpc) is 3.64. The number of hydrogen-bond donors (Lipinski definition) is 0. The molecule has 0 atom stereocenters. The third kappa shape index (κ3) is 6.55. The zero-order chi connectivity index (χ0) is 29.1. The Balaban J connectivity index is 1.55. The van der Waals surface area contributed by atoms with Crippen molar-refractivity contribution in [2.75, 3.05) is 19.4 Å². The predicted molar refractivity (Wildman–Crippen MR) is 145 cm³/mol. The van der Waals surface area contributed by atoms with Gasteiger partial charge in [-0.1, -0.05) is 42.5 Å². The fourth-order valence-corrected chi connectivity index (χ4v) is 6.21. The molecule has 7 nitrogen and oxygen atoms in total. The van der Waals surface area contributed by atoms with E-state index in [1.54, 1.807) is 24.1 Å². The van der Waals surface area contributed by atoms with Gasteiger partial charge in [0.15, 0.2) is 5.78 Å². The highest BCUT2D eigenvalue weighted by molar-refractivity contribution is 7.93. The number of amides is 1. The van der Waals surface area contributed by atoms with Crippen LogP contribution in [0.5, 0.6) is 5.75 Å². The number of Topliss-reactive ketones (excluding diaryl/α,β-unsaturated/α-hetero) is 1. The van der Waals surface area contributed by atoms with Gasteiger partial charge in [-0.3, -0.25) is 9.59 Å². The van der Waals surface area contributed by atoms with Crippen molar-refractivity contribution < 1.29 is 35.9 Å². The minimum absolute atomic E-state index is 0.0519. The Kier molecular flexibility index (Phi) is 8.69. The first kappa shape index (κ1) is 29.7. The standard InChI is InChI=1S/C28H29F3N2O5S2/c1-19-25(23(34)18-40(36,37)28(29,30)31)32-24(39-19)17-33(16-6-9-20-7-4-3-5-8-20)26(35)27(14-15-27)21-10-12-22(38-2)13-11-21/h3-5,7-8,10-13H,6,9,14-18H2,1-2H3. The van der Waals surface area contributed by atoms with Gasteiger partial charge in [-0.2, -0.15) is 13.2 Å². The summed E-state index contributed by atoms with van der Waals surface area (Å²) in [5, 5.41) is 0.351. The summed E-state index contributed by atoms with van der Waals surface area (Å²) in [6, 6.07) is 17.2. The van der Waals surface area contributed by atoms with E-state index < -0.39 is 32.3 Å². The Hall–Kier alpha value is -3.25. The predicted octanol–water partition coefficient (Wildman–Crippen LogP) is 5.27. The van der Waals surface area contributed by atoms with Crippen molar-refractivity contribution in [3.63, 3.8) is 0 Å². The number of ether oxygens (including phenoxy) is 1. The Morgan fingerprint density at radius 2 is 1.73 bits per heavy atom. The van der Waals surface area contributed by atoms with Crippen LogP contribution >= 0.6 is 11.3 Å². The second-order valence-corrected chi connectivity index (χ2v) is 13.0. The molecule has 0 bridgehead atoms. The number of rotatable bonds is 12. The van der Waals surface area contributed by atoms with E-state index >= 15 is 0 Å². The van der Waals surface area contributed by atoms with Gasteiger partial charge in [-0.25, -0.2) is 13.4 Å². The molecule has 4 rings (SSSR count). The molecule has 3 aromatic rings. The number of aryl methyl sites for hydroxylation is 2. The van der Waals surface area contributed by atoms with E-state index in [0.717, 1.165) is 28.9 Å². The molecule has 0 spiro atoms. The Morgan fingerprint density at radius 1 is 1.07 bits per heavy atom. The maximum atomic E-state index is 14.0. The Labute approximate surface area is 234 Å². The number of benzene rings is 2. The largest absolute Gasteiger partial charge is 0.497 e. The molecular weight excluding hydrogens is 565 g/mol. The summed E-state index contributed by atoms with van der Waals surface area (Å²) < 4.78 is 66.7. The average molecular weight is 595 g/mol. The van der Waals surface area contributed by atoms with Crippen LogP contribution in [0.3, 0.4) is 0 Å². The summed E-state index contributed by atoms with van der Waals surface area (Å²) in [5.41, 5.74) is -4.55. The van der Waals surface area contributed by atoms with Crippen LogP contribution in [0.2, 0.25) is 0 Å². The zero-order valence-electron chi connectivity index (χ0n) is 22.0. The minimum Gasteiger partial charge on any atom is -0.497 e. The third-order valence-electron chi connectivity index (χ3n) is 6.93. The fourth-order valence-electron chi connectivity index (χ4n) is 4.60. The molecule has 1 aliphatic rings. The normalized spacial score (nSPS) is 14.5. The zero-order valence-corrected chi connectivity index (χ0v) is 23.7. The van der Waals surface area contributed by atoms with Crippen LogP contribution in [-0.2, 0) is 33.0 Å². The Bertz CT molecular complexity index is 1470. The molecule has 1 fully saturated rings. The van der Waals surface area contributed by atoms with Crippen molar-refractivity contribution in [1.29, 1.82) is 0 Å². The molecular formula is C28H29F3N2O5S2. The minimum atomic E-state index is -5.63. The van der Waals surface area contributed by atoms with Gasteiger partial charge < -0.3 is 9.64 Å². The van der Waals surface area contributed by atoms with Crippen LogP contribution in [0.15, 0.2) is 54.6 Å². The van der Waals surface area contributed by atoms with Crippen LogP contribution in [0.1, 0.15) is 50.8 Å². The Morgan fingerprint density at radius 3 is 2.30 bits per heavy atom. The van der Waals surface area contributed by atoms with Gasteiger partial charge in [0.1, 0.15) is 22.2 Å². The number of carbonyl (C=O) groups excluding carboxylic acids is 2. The van der Waals surface area contributed by atoms with Crippen molar-refractivity contribution in [2.45, 2.75) is 50.1 Å². The highest BCUT2D eigenvalue weighted by atomic mass is 32.2. The van der Waals surface area contributed by atoms with Gasteiger partial charge in [0.05, 0.1) is 19.1 Å². The first-order valence-corrected chi connectivity index (χ1v) is 15.1. The lowest BCUT2D eigenvalue weighted by Gasteiger charge is -2.27. The molecule has 0 aliphatic heterocycles. The lowest BCUT2D eigenvalue weighted by molar-refractivity contribution is -0.134. The number of aromatic nitrogens is 1. The number of halogens is 3. The van der Waals surface area contributed by atoms with Crippen LogP contribution in [0.25, 0.3) is 0 Å². The van der Waals surface area contributed by atoms with Gasteiger partial charge >= 0.3 is 5.51 Å². The molecule has 1 aliphatic carbocycles. The van der Waals surface area contributed by atoms with Gasteiger partial charge in [-0.15, -0.1) is 11.3 Å². The quantitative estimate of drug-likeness (QED) is 0.265. The van der Waals surface area contributed by atoms with Crippen molar-refractivity contribution >= 4 is 32.9 Å². The van der Waals surface area contributed by atoms with Crippen LogP contribution < -0.4 is 4.74 Å². The van der Waals surface area contributed by atoms with E-state index in [9.17, 15) is 31.2 Å². The van der Waals surface area contributed by atoms with Gasteiger partial charge in [0, 0.05) is 11.4 Å². The smallest absolute Gasteiger partial charge is 0.497 e. The molecule has 0 unspecified atom stereocenters. The number of ketones is 1. The van der Waals surface area contributed by atoms with E-state index in [1.165, 1.54) is 6.92 Å². The van der Waals surface area contributed by atoms with E-state index in [1.807, 2.05) is 42.5 Å². The third-order valence-corrected chi connectivity index (χ3v) is 9.23. The number of carbonyl (C=O) groups is 2. The second-order valence-electron chi connectivity index (χ2n) is 9.77. The summed E-state index contributed by atoms with van der Waals surface area (Å²) in [7, 11) is -4.07. The van der Waals surface area contributed by atoms with E-state index in [2.05, 4.69) is 4.98 Å². The number of sulfone groups is 1. The summed E-state index contributed by atoms with van der Waals surface area (Å²) in [5.74, 6) is -2.35. The molecule has 1 saturated carbocycles. The summed E-state index contributed by atoms with van der Waals surface area (Å²) in [4.78, 5) is 32.6. The lowest BCUT2D eigenvalue weighted by atomic mass is 9.94. The maximum absolute atomic E-state index is 14.0. The SMILES string of the molecule is COc1ccc(C2(C(=O)N(CCCc3ccccc3)Cc3nc(C(=O)CS(=O)(=O)C(F)(F)F)c(C)s3)CC2)cc1. The van der Waals surface area contributed by atoms with Gasteiger partial charge in [0.2, 0.25) is 5.91 Å². The first-order chi connectivity index (χ1) is 18.9. The number of thiazole rings is 1. The van der Waals surface area contributed by atoms with Crippen molar-refractivity contribution in [2.24, 2.45) is 0 Å². The summed E-state index contributed by atoms with van der Waals surface area (Å²) in [6.45, 7) is 1.95. The van der Waals surface area contributed by atoms with Crippen LogP contribution in [0.4, 0.5) is 13.2 Å². The molecule has 214 valence electrons. The van der Waals surface area contributed by atoms with Crippen molar-refractivity contribution in [3.05, 3.63) is 81.3 Å². The van der Waals surface area contributed by atoms with E-state index in [4.69, 9.17) is 4.74 Å². The van der Waals surface area contributed by atoms with Crippen LogP contribution in [-0.4, -0.2) is 54.9 Å². The van der Waals surface area contributed by atoms with Crippen molar-refractivity contribution in [3.8, 4) is 5.75 Å². The highest BCUT2D eigenvalue weighted by Gasteiger charge is 2.53.